The number of piperidine rings is 1. The molecule has 0 unspecified atom stereocenters. The number of aromatic nitrogens is 1. The second kappa shape index (κ2) is 10.1. The number of amides is 2. The Morgan fingerprint density at radius 2 is 1.96 bits per heavy atom. The number of nitrogens with zero attached hydrogens (tertiary/aromatic N) is 2. The third kappa shape index (κ3) is 6.25. The maximum atomic E-state index is 12.2. The number of rotatable bonds is 3. The molecule has 2 rings (SSSR count). The van der Waals surface area contributed by atoms with E-state index in [9.17, 15) is 9.59 Å². The molecule has 0 spiro atoms. The third-order valence-corrected chi connectivity index (χ3v) is 4.01. The van der Waals surface area contributed by atoms with Crippen LogP contribution >= 0.6 is 40.7 Å². The minimum absolute atomic E-state index is 0. The number of nitrogens with one attached hydrogen (secondary N) is 1. The molecule has 1 aliphatic heterocycles. The molecular formula is C14H21BrCl2N4O2. The molecule has 6 nitrogen and oxygen atoms in total. The highest BCUT2D eigenvalue weighted by Crippen LogP contribution is 2.20. The number of carbonyl (C=O) groups is 2. The fourth-order valence-electron chi connectivity index (χ4n) is 2.33. The van der Waals surface area contributed by atoms with Gasteiger partial charge in [-0.2, -0.15) is 0 Å². The lowest BCUT2D eigenvalue weighted by Crippen LogP contribution is -2.47. The lowest BCUT2D eigenvalue weighted by Gasteiger charge is -2.32. The van der Waals surface area contributed by atoms with Gasteiger partial charge in [-0.1, -0.05) is 0 Å². The summed E-state index contributed by atoms with van der Waals surface area (Å²) in [6, 6.07) is 3.09. The summed E-state index contributed by atoms with van der Waals surface area (Å²) in [5.41, 5.74) is 5.59. The van der Waals surface area contributed by atoms with Crippen molar-refractivity contribution in [3.63, 3.8) is 0 Å². The van der Waals surface area contributed by atoms with Crippen molar-refractivity contribution in [3.8, 4) is 0 Å². The molecule has 0 saturated carbocycles. The van der Waals surface area contributed by atoms with E-state index in [-0.39, 0.29) is 42.5 Å². The van der Waals surface area contributed by atoms with Gasteiger partial charge >= 0.3 is 0 Å². The van der Waals surface area contributed by atoms with Gasteiger partial charge in [0.2, 0.25) is 11.8 Å². The van der Waals surface area contributed by atoms with Crippen LogP contribution in [0.4, 0.5) is 5.82 Å². The first-order chi connectivity index (χ1) is 9.97. The van der Waals surface area contributed by atoms with Crippen molar-refractivity contribution in [1.29, 1.82) is 0 Å². The van der Waals surface area contributed by atoms with E-state index < -0.39 is 6.04 Å². The third-order valence-electron chi connectivity index (χ3n) is 3.55. The molecule has 1 atom stereocenters. The van der Waals surface area contributed by atoms with Crippen LogP contribution in [0.2, 0.25) is 0 Å². The van der Waals surface area contributed by atoms with Crippen molar-refractivity contribution in [2.24, 2.45) is 11.7 Å². The van der Waals surface area contributed by atoms with E-state index in [2.05, 4.69) is 26.2 Å². The number of hydrogen-bond acceptors (Lipinski definition) is 4. The number of halogens is 3. The molecule has 3 N–H and O–H groups in total. The Morgan fingerprint density at radius 1 is 1.35 bits per heavy atom. The minimum atomic E-state index is -0.484. The van der Waals surface area contributed by atoms with E-state index in [4.69, 9.17) is 5.73 Å². The van der Waals surface area contributed by atoms with E-state index in [0.717, 1.165) is 4.47 Å². The number of carbonyl (C=O) groups excluding carboxylic acids is 2. The first-order valence-electron chi connectivity index (χ1n) is 6.94. The predicted octanol–water partition coefficient (Wildman–Crippen LogP) is 2.21. The Labute approximate surface area is 156 Å². The largest absolute Gasteiger partial charge is 0.341 e. The van der Waals surface area contributed by atoms with E-state index in [1.807, 2.05) is 6.07 Å². The van der Waals surface area contributed by atoms with Gasteiger partial charge in [0.25, 0.3) is 0 Å². The summed E-state index contributed by atoms with van der Waals surface area (Å²) < 4.78 is 0.864. The van der Waals surface area contributed by atoms with E-state index in [1.165, 1.54) is 0 Å². The zero-order valence-electron chi connectivity index (χ0n) is 12.7. The fourth-order valence-corrected chi connectivity index (χ4v) is 2.56. The lowest BCUT2D eigenvalue weighted by molar-refractivity contribution is -0.135. The van der Waals surface area contributed by atoms with Crippen LogP contribution in [0.3, 0.4) is 0 Å². The van der Waals surface area contributed by atoms with Gasteiger partial charge in [0.05, 0.1) is 6.04 Å². The second-order valence-corrected chi connectivity index (χ2v) is 6.15. The molecule has 0 aliphatic carbocycles. The molecule has 0 radical (unpaired) electrons. The Hall–Kier alpha value is -0.890. The summed E-state index contributed by atoms with van der Waals surface area (Å²) in [6.45, 7) is 2.83. The zero-order chi connectivity index (χ0) is 15.4. The van der Waals surface area contributed by atoms with Gasteiger partial charge in [-0.05, 0) is 47.8 Å². The molecule has 23 heavy (non-hydrogen) atoms. The van der Waals surface area contributed by atoms with Gasteiger partial charge in [0.1, 0.15) is 5.82 Å². The van der Waals surface area contributed by atoms with Crippen molar-refractivity contribution in [2.75, 3.05) is 18.4 Å². The number of likely N-dealkylation sites (tertiary alicyclic amines) is 1. The van der Waals surface area contributed by atoms with Crippen LogP contribution in [0.1, 0.15) is 19.8 Å². The monoisotopic (exact) mass is 426 g/mol. The Kier molecular flexibility index (Phi) is 9.68. The van der Waals surface area contributed by atoms with Crippen LogP contribution in [0.5, 0.6) is 0 Å². The van der Waals surface area contributed by atoms with Crippen LogP contribution < -0.4 is 11.1 Å². The van der Waals surface area contributed by atoms with Crippen LogP contribution in [0, 0.1) is 5.92 Å². The van der Waals surface area contributed by atoms with E-state index in [1.54, 1.807) is 24.1 Å². The zero-order valence-corrected chi connectivity index (χ0v) is 15.9. The van der Waals surface area contributed by atoms with Crippen LogP contribution in [-0.4, -0.2) is 40.8 Å². The fraction of sp³-hybridized carbons (Fsp3) is 0.500. The molecule has 1 aromatic rings. The Morgan fingerprint density at radius 3 is 2.43 bits per heavy atom. The van der Waals surface area contributed by atoms with Gasteiger partial charge < -0.3 is 16.0 Å². The average molecular weight is 428 g/mol. The van der Waals surface area contributed by atoms with Crippen LogP contribution in [-0.2, 0) is 9.59 Å². The first kappa shape index (κ1) is 22.1. The molecule has 0 aromatic carbocycles. The Balaban J connectivity index is 0.00000242. The van der Waals surface area contributed by atoms with E-state index in [0.29, 0.717) is 31.7 Å². The van der Waals surface area contributed by atoms with Gasteiger partial charge in [0, 0.05) is 29.7 Å². The second-order valence-electron chi connectivity index (χ2n) is 5.24. The maximum Gasteiger partial charge on any atom is 0.239 e. The molecular weight excluding hydrogens is 407 g/mol. The Bertz CT molecular complexity index is 520. The van der Waals surface area contributed by atoms with Gasteiger partial charge in [0.15, 0.2) is 0 Å². The maximum absolute atomic E-state index is 12.2. The quantitative estimate of drug-likeness (QED) is 0.773. The normalized spacial score (nSPS) is 15.9. The van der Waals surface area contributed by atoms with Crippen molar-refractivity contribution in [2.45, 2.75) is 25.8 Å². The first-order valence-corrected chi connectivity index (χ1v) is 7.73. The molecule has 130 valence electrons. The van der Waals surface area contributed by atoms with E-state index >= 15 is 0 Å². The van der Waals surface area contributed by atoms with Gasteiger partial charge in [-0.15, -0.1) is 24.8 Å². The summed E-state index contributed by atoms with van der Waals surface area (Å²) in [5.74, 6) is 0.353. The number of pyridine rings is 1. The highest BCUT2D eigenvalue weighted by atomic mass is 79.9. The molecule has 1 aromatic heterocycles. The SMILES string of the molecule is C[C@@H](N)C(=O)N1CCC(C(=O)Nc2ccc(Br)cn2)CC1.Cl.Cl. The van der Waals surface area contributed by atoms with Crippen LogP contribution in [0.15, 0.2) is 22.8 Å². The summed E-state index contributed by atoms with van der Waals surface area (Å²) in [6.07, 6.45) is 2.95. The molecule has 9 heteroatoms. The van der Waals surface area contributed by atoms with Gasteiger partial charge in [-0.3, -0.25) is 9.59 Å². The van der Waals surface area contributed by atoms with Gasteiger partial charge in [-0.25, -0.2) is 4.98 Å². The predicted molar refractivity (Wildman–Crippen MR) is 98.0 cm³/mol. The highest BCUT2D eigenvalue weighted by Gasteiger charge is 2.28. The number of hydrogen-bond donors (Lipinski definition) is 2. The highest BCUT2D eigenvalue weighted by molar-refractivity contribution is 9.10. The molecule has 1 aliphatic rings. The average Bonchev–Trinajstić information content (AvgIpc) is 2.49. The number of nitrogens with two attached hydrogens (primary N) is 1. The smallest absolute Gasteiger partial charge is 0.239 e. The summed E-state index contributed by atoms with van der Waals surface area (Å²) in [5, 5.41) is 2.81. The summed E-state index contributed by atoms with van der Waals surface area (Å²) in [4.78, 5) is 29.8. The summed E-state index contributed by atoms with van der Waals surface area (Å²) >= 11 is 3.30. The van der Waals surface area contributed by atoms with Crippen molar-refractivity contribution >= 4 is 58.4 Å². The minimum Gasteiger partial charge on any atom is -0.341 e. The molecule has 1 fully saturated rings. The molecule has 0 bridgehead atoms. The molecule has 2 heterocycles. The summed E-state index contributed by atoms with van der Waals surface area (Å²) in [7, 11) is 0. The van der Waals surface area contributed by atoms with Crippen molar-refractivity contribution in [3.05, 3.63) is 22.8 Å². The number of anilines is 1. The lowest BCUT2D eigenvalue weighted by atomic mass is 9.95. The molecule has 1 saturated heterocycles. The van der Waals surface area contributed by atoms with Crippen LogP contribution in [0.25, 0.3) is 0 Å². The van der Waals surface area contributed by atoms with Crippen molar-refractivity contribution in [1.82, 2.24) is 9.88 Å². The topological polar surface area (TPSA) is 88.3 Å². The molecule has 2 amide bonds. The van der Waals surface area contributed by atoms with Crippen molar-refractivity contribution < 1.29 is 9.59 Å². The standard InChI is InChI=1S/C14H19BrN4O2.2ClH/c1-9(16)14(21)19-6-4-10(5-7-19)13(20)18-12-3-2-11(15)8-17-12;;/h2-3,8-10H,4-7,16H2,1H3,(H,17,18,20);2*1H/t9-;;/m1../s1.